The maximum atomic E-state index is 12.4. The topological polar surface area (TPSA) is 33.2 Å². The lowest BCUT2D eigenvalue weighted by molar-refractivity contribution is -0.130. The molecule has 3 aromatic rings. The molecule has 2 aromatic carbocycles. The molecule has 0 N–H and O–H groups in total. The van der Waals surface area contributed by atoms with E-state index < -0.39 is 0 Å². The normalized spacial score (nSPS) is 14.2. The second kappa shape index (κ2) is 7.06. The molecule has 126 valence electrons. The van der Waals surface area contributed by atoms with Crippen LogP contribution in [0.3, 0.4) is 0 Å². The Morgan fingerprint density at radius 2 is 1.68 bits per heavy atom. The molecule has 0 saturated carbocycles. The number of likely N-dealkylation sites (tertiary alicyclic amines) is 1. The number of aromatic nitrogens is 1. The number of amides is 1. The van der Waals surface area contributed by atoms with Gasteiger partial charge in [0.05, 0.1) is 11.2 Å². The van der Waals surface area contributed by atoms with Crippen LogP contribution in [0.15, 0.2) is 60.7 Å². The zero-order valence-electron chi connectivity index (χ0n) is 14.3. The highest BCUT2D eigenvalue weighted by atomic mass is 16.2. The predicted octanol–water partition coefficient (Wildman–Crippen LogP) is 4.46. The first-order chi connectivity index (χ1) is 12.3. The lowest BCUT2D eigenvalue weighted by atomic mass is 10.0. The second-order valence-corrected chi connectivity index (χ2v) is 6.64. The molecule has 1 amide bonds. The van der Waals surface area contributed by atoms with Gasteiger partial charge in [0.15, 0.2) is 0 Å². The first-order valence-electron chi connectivity index (χ1n) is 9.03. The van der Waals surface area contributed by atoms with Gasteiger partial charge in [-0.25, -0.2) is 4.98 Å². The summed E-state index contributed by atoms with van der Waals surface area (Å²) >= 11 is 0. The van der Waals surface area contributed by atoms with Crippen molar-refractivity contribution in [3.05, 3.63) is 66.2 Å². The highest BCUT2D eigenvalue weighted by molar-refractivity contribution is 5.86. The fraction of sp³-hybridized carbons (Fsp3) is 0.273. The number of carbonyl (C=O) groups excluding carboxylic acids is 1. The van der Waals surface area contributed by atoms with Crippen molar-refractivity contribution in [3.63, 3.8) is 0 Å². The summed E-state index contributed by atoms with van der Waals surface area (Å²) in [5.74, 6) is 0.277. The Bertz CT molecular complexity index is 883. The molecule has 0 bridgehead atoms. The first-order valence-corrected chi connectivity index (χ1v) is 9.03. The maximum absolute atomic E-state index is 12.4. The number of benzene rings is 2. The number of carbonyl (C=O) groups is 1. The molecule has 0 unspecified atom stereocenters. The number of hydrogen-bond acceptors (Lipinski definition) is 2. The average molecular weight is 330 g/mol. The zero-order valence-corrected chi connectivity index (χ0v) is 14.3. The summed E-state index contributed by atoms with van der Waals surface area (Å²) in [7, 11) is 0. The van der Waals surface area contributed by atoms with Crippen molar-refractivity contribution in [1.29, 1.82) is 0 Å². The van der Waals surface area contributed by atoms with Crippen molar-refractivity contribution in [3.8, 4) is 11.3 Å². The second-order valence-electron chi connectivity index (χ2n) is 6.64. The fourth-order valence-corrected chi connectivity index (χ4v) is 3.58. The van der Waals surface area contributed by atoms with Crippen molar-refractivity contribution in [2.45, 2.75) is 25.7 Å². The van der Waals surface area contributed by atoms with Crippen LogP contribution in [0.25, 0.3) is 22.2 Å². The Labute approximate surface area is 148 Å². The van der Waals surface area contributed by atoms with Crippen LogP contribution in [0.2, 0.25) is 0 Å². The Balaban J connectivity index is 1.65. The summed E-state index contributed by atoms with van der Waals surface area (Å²) in [5, 5.41) is 1.15. The van der Waals surface area contributed by atoms with Crippen molar-refractivity contribution < 1.29 is 4.79 Å². The van der Waals surface area contributed by atoms with Crippen molar-refractivity contribution in [2.24, 2.45) is 0 Å². The van der Waals surface area contributed by atoms with E-state index in [1.165, 1.54) is 5.56 Å². The minimum atomic E-state index is 0.277. The van der Waals surface area contributed by atoms with Gasteiger partial charge in [-0.15, -0.1) is 0 Å². The molecule has 2 heterocycles. The third-order valence-corrected chi connectivity index (χ3v) is 4.94. The Morgan fingerprint density at radius 1 is 0.960 bits per heavy atom. The number of nitrogens with zero attached hydrogens (tertiary/aromatic N) is 2. The highest BCUT2D eigenvalue weighted by Crippen LogP contribution is 2.26. The van der Waals surface area contributed by atoms with Crippen molar-refractivity contribution >= 4 is 16.8 Å². The van der Waals surface area contributed by atoms with E-state index in [1.54, 1.807) is 0 Å². The van der Waals surface area contributed by atoms with Gasteiger partial charge in [0.2, 0.25) is 5.91 Å². The van der Waals surface area contributed by atoms with Crippen LogP contribution in [0.1, 0.15) is 24.8 Å². The highest BCUT2D eigenvalue weighted by Gasteiger charge is 2.18. The molecule has 1 aliphatic heterocycles. The number of aryl methyl sites for hydroxylation is 1. The average Bonchev–Trinajstić information content (AvgIpc) is 3.21. The SMILES string of the molecule is O=C(CCc1cc(-c2ccccc2)nc2ccccc12)N1CCCC1. The maximum Gasteiger partial charge on any atom is 0.222 e. The van der Waals surface area contributed by atoms with Crippen LogP contribution in [-0.4, -0.2) is 28.9 Å². The molecule has 0 aliphatic carbocycles. The molecule has 1 aromatic heterocycles. The molecule has 4 rings (SSSR count). The van der Waals surface area contributed by atoms with Gasteiger partial charge >= 0.3 is 0 Å². The molecular weight excluding hydrogens is 308 g/mol. The third-order valence-electron chi connectivity index (χ3n) is 4.94. The van der Waals surface area contributed by atoms with Crippen LogP contribution >= 0.6 is 0 Å². The molecular formula is C22H22N2O. The number of fused-ring (bicyclic) bond motifs is 1. The van der Waals surface area contributed by atoms with Gasteiger partial charge < -0.3 is 4.90 Å². The minimum Gasteiger partial charge on any atom is -0.343 e. The number of rotatable bonds is 4. The van der Waals surface area contributed by atoms with Crippen molar-refractivity contribution in [2.75, 3.05) is 13.1 Å². The Hall–Kier alpha value is -2.68. The lowest BCUT2D eigenvalue weighted by Crippen LogP contribution is -2.27. The molecule has 1 aliphatic rings. The van der Waals surface area contributed by atoms with E-state index in [1.807, 2.05) is 41.3 Å². The third kappa shape index (κ3) is 3.41. The van der Waals surface area contributed by atoms with E-state index in [4.69, 9.17) is 4.98 Å². The monoisotopic (exact) mass is 330 g/mol. The molecule has 0 atom stereocenters. The quantitative estimate of drug-likeness (QED) is 0.708. The minimum absolute atomic E-state index is 0.277. The fourth-order valence-electron chi connectivity index (χ4n) is 3.58. The lowest BCUT2D eigenvalue weighted by Gasteiger charge is -2.16. The van der Waals surface area contributed by atoms with E-state index in [0.29, 0.717) is 6.42 Å². The summed E-state index contributed by atoms with van der Waals surface area (Å²) < 4.78 is 0. The zero-order chi connectivity index (χ0) is 17.1. The molecule has 0 radical (unpaired) electrons. The van der Waals surface area contributed by atoms with E-state index in [2.05, 4.69) is 24.3 Å². The van der Waals surface area contributed by atoms with E-state index in [9.17, 15) is 4.79 Å². The first kappa shape index (κ1) is 15.8. The molecule has 3 nitrogen and oxygen atoms in total. The number of para-hydroxylation sites is 1. The van der Waals surface area contributed by atoms with Gasteiger partial charge in [0.1, 0.15) is 0 Å². The summed E-state index contributed by atoms with van der Waals surface area (Å²) in [6, 6.07) is 20.6. The van der Waals surface area contributed by atoms with Gasteiger partial charge in [-0.05, 0) is 37.0 Å². The summed E-state index contributed by atoms with van der Waals surface area (Å²) in [4.78, 5) is 19.2. The molecule has 25 heavy (non-hydrogen) atoms. The van der Waals surface area contributed by atoms with Gasteiger partial charge in [0.25, 0.3) is 0 Å². The van der Waals surface area contributed by atoms with Crippen molar-refractivity contribution in [1.82, 2.24) is 9.88 Å². The molecule has 3 heteroatoms. The van der Waals surface area contributed by atoms with Gasteiger partial charge in [-0.3, -0.25) is 4.79 Å². The number of hydrogen-bond donors (Lipinski definition) is 0. The van der Waals surface area contributed by atoms with E-state index in [-0.39, 0.29) is 5.91 Å². The van der Waals surface area contributed by atoms with Crippen LogP contribution < -0.4 is 0 Å². The van der Waals surface area contributed by atoms with Gasteiger partial charge in [-0.2, -0.15) is 0 Å². The standard InChI is InChI=1S/C22H22N2O/c25-22(24-14-6-7-15-24)13-12-18-16-21(17-8-2-1-3-9-17)23-20-11-5-4-10-19(18)20/h1-5,8-11,16H,6-7,12-15H2. The summed E-state index contributed by atoms with van der Waals surface area (Å²) in [6.07, 6.45) is 3.62. The summed E-state index contributed by atoms with van der Waals surface area (Å²) in [5.41, 5.74) is 4.28. The van der Waals surface area contributed by atoms with Crippen LogP contribution in [0, 0.1) is 0 Å². The van der Waals surface area contributed by atoms with E-state index in [0.717, 1.165) is 54.5 Å². The van der Waals surface area contributed by atoms with Gasteiger partial charge in [0, 0.05) is 30.5 Å². The smallest absolute Gasteiger partial charge is 0.222 e. The predicted molar refractivity (Wildman–Crippen MR) is 101 cm³/mol. The van der Waals surface area contributed by atoms with Crippen LogP contribution in [-0.2, 0) is 11.2 Å². The largest absolute Gasteiger partial charge is 0.343 e. The van der Waals surface area contributed by atoms with Gasteiger partial charge in [-0.1, -0.05) is 48.5 Å². The van der Waals surface area contributed by atoms with E-state index >= 15 is 0 Å². The number of pyridine rings is 1. The molecule has 1 saturated heterocycles. The molecule has 0 spiro atoms. The molecule has 1 fully saturated rings. The van der Waals surface area contributed by atoms with Crippen LogP contribution in [0.4, 0.5) is 0 Å². The Morgan fingerprint density at radius 3 is 2.48 bits per heavy atom. The summed E-state index contributed by atoms with van der Waals surface area (Å²) in [6.45, 7) is 1.84. The Kier molecular flexibility index (Phi) is 4.47. The van der Waals surface area contributed by atoms with Crippen LogP contribution in [0.5, 0.6) is 0 Å².